The van der Waals surface area contributed by atoms with E-state index in [1.807, 2.05) is 0 Å². The minimum Gasteiger partial charge on any atom is -0.381 e. The molecular formula is C12H19N3O3. The molecule has 0 aliphatic carbocycles. The van der Waals surface area contributed by atoms with Crippen LogP contribution in [0.4, 0.5) is 0 Å². The van der Waals surface area contributed by atoms with E-state index in [1.54, 1.807) is 0 Å². The molecule has 100 valence electrons. The number of hydrogen-bond donors (Lipinski definition) is 1. The Kier molecular flexibility index (Phi) is 3.58. The molecule has 2 atom stereocenters. The zero-order valence-corrected chi connectivity index (χ0v) is 10.4. The second-order valence-corrected chi connectivity index (χ2v) is 4.94. The lowest BCUT2D eigenvalue weighted by Crippen LogP contribution is -2.19. The number of nitrogens with zero attached hydrogens (tertiary/aromatic N) is 2. The van der Waals surface area contributed by atoms with Crippen molar-refractivity contribution in [3.63, 3.8) is 0 Å². The van der Waals surface area contributed by atoms with Crippen LogP contribution in [0.3, 0.4) is 0 Å². The third-order valence-corrected chi connectivity index (χ3v) is 3.69. The summed E-state index contributed by atoms with van der Waals surface area (Å²) in [5.74, 6) is 1.77. The summed E-state index contributed by atoms with van der Waals surface area (Å²) in [6, 6.07) is 0. The molecule has 2 N–H and O–H groups in total. The highest BCUT2D eigenvalue weighted by atomic mass is 16.5. The first kappa shape index (κ1) is 12.1. The van der Waals surface area contributed by atoms with Crippen molar-refractivity contribution in [2.45, 2.75) is 43.8 Å². The summed E-state index contributed by atoms with van der Waals surface area (Å²) < 4.78 is 16.4. The third kappa shape index (κ3) is 2.41. The van der Waals surface area contributed by atoms with E-state index in [0.717, 1.165) is 44.7 Å². The van der Waals surface area contributed by atoms with E-state index < -0.39 is 0 Å². The van der Waals surface area contributed by atoms with E-state index in [4.69, 9.17) is 19.7 Å². The number of aromatic nitrogens is 2. The Bertz CT molecular complexity index is 390. The fourth-order valence-corrected chi connectivity index (χ4v) is 2.56. The number of hydrogen-bond acceptors (Lipinski definition) is 6. The van der Waals surface area contributed by atoms with E-state index in [1.165, 1.54) is 0 Å². The SMILES string of the molecule is NCC1CCC(c2nc(C3CCOCC3)no2)O1. The van der Waals surface area contributed by atoms with Crippen LogP contribution in [0.1, 0.15) is 49.4 Å². The zero-order valence-electron chi connectivity index (χ0n) is 10.4. The summed E-state index contributed by atoms with van der Waals surface area (Å²) in [6.07, 6.45) is 3.88. The van der Waals surface area contributed by atoms with Gasteiger partial charge in [0.05, 0.1) is 6.10 Å². The van der Waals surface area contributed by atoms with Crippen LogP contribution in [0.2, 0.25) is 0 Å². The lowest BCUT2D eigenvalue weighted by Gasteiger charge is -2.18. The van der Waals surface area contributed by atoms with Crippen LogP contribution in [-0.2, 0) is 9.47 Å². The fourth-order valence-electron chi connectivity index (χ4n) is 2.56. The van der Waals surface area contributed by atoms with Gasteiger partial charge in [-0.3, -0.25) is 0 Å². The lowest BCUT2D eigenvalue weighted by atomic mass is 10.00. The Morgan fingerprint density at radius 3 is 2.72 bits per heavy atom. The predicted octanol–water partition coefficient (Wildman–Crippen LogP) is 1.14. The molecule has 2 saturated heterocycles. The second-order valence-electron chi connectivity index (χ2n) is 4.94. The molecule has 0 aromatic carbocycles. The molecule has 3 heterocycles. The lowest BCUT2D eigenvalue weighted by molar-refractivity contribution is 0.0307. The topological polar surface area (TPSA) is 83.4 Å². The Labute approximate surface area is 106 Å². The van der Waals surface area contributed by atoms with Crippen LogP contribution in [0.5, 0.6) is 0 Å². The smallest absolute Gasteiger partial charge is 0.255 e. The zero-order chi connectivity index (χ0) is 12.4. The molecule has 6 heteroatoms. The van der Waals surface area contributed by atoms with Crippen LogP contribution < -0.4 is 5.73 Å². The summed E-state index contributed by atoms with van der Waals surface area (Å²) in [5.41, 5.74) is 5.59. The molecule has 1 aromatic rings. The minimum absolute atomic E-state index is 0.0698. The predicted molar refractivity (Wildman–Crippen MR) is 63.0 cm³/mol. The third-order valence-electron chi connectivity index (χ3n) is 3.69. The summed E-state index contributed by atoms with van der Waals surface area (Å²) in [4.78, 5) is 4.49. The summed E-state index contributed by atoms with van der Waals surface area (Å²) >= 11 is 0. The highest BCUT2D eigenvalue weighted by Crippen LogP contribution is 2.33. The Balaban J connectivity index is 1.66. The van der Waals surface area contributed by atoms with Crippen molar-refractivity contribution in [1.29, 1.82) is 0 Å². The molecule has 0 bridgehead atoms. The molecule has 1 aromatic heterocycles. The Morgan fingerprint density at radius 1 is 1.17 bits per heavy atom. The van der Waals surface area contributed by atoms with Gasteiger partial charge in [0.2, 0.25) is 0 Å². The van der Waals surface area contributed by atoms with E-state index in [0.29, 0.717) is 18.4 Å². The van der Waals surface area contributed by atoms with Crippen LogP contribution in [0, 0.1) is 0 Å². The van der Waals surface area contributed by atoms with Gasteiger partial charge in [0.15, 0.2) is 5.82 Å². The van der Waals surface area contributed by atoms with Gasteiger partial charge in [-0.1, -0.05) is 5.16 Å². The molecule has 2 fully saturated rings. The van der Waals surface area contributed by atoms with Crippen molar-refractivity contribution in [2.75, 3.05) is 19.8 Å². The molecule has 2 aliphatic heterocycles. The van der Waals surface area contributed by atoms with Gasteiger partial charge in [0.25, 0.3) is 5.89 Å². The van der Waals surface area contributed by atoms with Gasteiger partial charge in [-0.2, -0.15) is 4.98 Å². The molecular weight excluding hydrogens is 234 g/mol. The van der Waals surface area contributed by atoms with Crippen molar-refractivity contribution >= 4 is 0 Å². The molecule has 2 aliphatic rings. The average molecular weight is 253 g/mol. The maximum atomic E-state index is 5.75. The van der Waals surface area contributed by atoms with Crippen LogP contribution >= 0.6 is 0 Å². The fraction of sp³-hybridized carbons (Fsp3) is 0.833. The second kappa shape index (κ2) is 5.34. The first-order chi connectivity index (χ1) is 8.86. The Hall–Kier alpha value is -0.980. The van der Waals surface area contributed by atoms with Crippen molar-refractivity contribution < 1.29 is 14.0 Å². The maximum absolute atomic E-state index is 5.75. The van der Waals surface area contributed by atoms with E-state index in [9.17, 15) is 0 Å². The van der Waals surface area contributed by atoms with Gasteiger partial charge in [-0.15, -0.1) is 0 Å². The van der Waals surface area contributed by atoms with Gasteiger partial charge in [-0.05, 0) is 25.7 Å². The molecule has 0 spiro atoms. The van der Waals surface area contributed by atoms with Crippen molar-refractivity contribution in [3.05, 3.63) is 11.7 Å². The monoisotopic (exact) mass is 253 g/mol. The number of ether oxygens (including phenoxy) is 2. The van der Waals surface area contributed by atoms with Gasteiger partial charge in [0, 0.05) is 25.7 Å². The largest absolute Gasteiger partial charge is 0.381 e. The van der Waals surface area contributed by atoms with Crippen LogP contribution in [-0.4, -0.2) is 36.0 Å². The van der Waals surface area contributed by atoms with Crippen molar-refractivity contribution in [3.8, 4) is 0 Å². The molecule has 0 amide bonds. The quantitative estimate of drug-likeness (QED) is 0.869. The summed E-state index contributed by atoms with van der Waals surface area (Å²) in [5, 5.41) is 4.08. The average Bonchev–Trinajstić information content (AvgIpc) is 3.08. The molecule has 0 radical (unpaired) electrons. The molecule has 18 heavy (non-hydrogen) atoms. The van der Waals surface area contributed by atoms with Crippen LogP contribution in [0.15, 0.2) is 4.52 Å². The van der Waals surface area contributed by atoms with Gasteiger partial charge in [0.1, 0.15) is 6.10 Å². The van der Waals surface area contributed by atoms with Crippen LogP contribution in [0.25, 0.3) is 0 Å². The molecule has 2 unspecified atom stereocenters. The minimum atomic E-state index is -0.0698. The molecule has 0 saturated carbocycles. The van der Waals surface area contributed by atoms with E-state index in [2.05, 4.69) is 10.1 Å². The highest BCUT2D eigenvalue weighted by molar-refractivity contribution is 4.99. The van der Waals surface area contributed by atoms with Gasteiger partial charge < -0.3 is 19.7 Å². The Morgan fingerprint density at radius 2 is 2.00 bits per heavy atom. The van der Waals surface area contributed by atoms with Crippen molar-refractivity contribution in [1.82, 2.24) is 10.1 Å². The van der Waals surface area contributed by atoms with E-state index in [-0.39, 0.29) is 12.2 Å². The molecule has 6 nitrogen and oxygen atoms in total. The van der Waals surface area contributed by atoms with E-state index >= 15 is 0 Å². The standard InChI is InChI=1S/C12H19N3O3/c13-7-9-1-2-10(17-9)12-14-11(15-18-12)8-3-5-16-6-4-8/h8-10H,1-7,13H2. The summed E-state index contributed by atoms with van der Waals surface area (Å²) in [7, 11) is 0. The van der Waals surface area contributed by atoms with Gasteiger partial charge in [-0.25, -0.2) is 0 Å². The maximum Gasteiger partial charge on any atom is 0.255 e. The number of rotatable bonds is 3. The normalized spacial score (nSPS) is 29.8. The summed E-state index contributed by atoms with van der Waals surface area (Å²) in [6.45, 7) is 2.12. The van der Waals surface area contributed by atoms with Gasteiger partial charge >= 0.3 is 0 Å². The number of nitrogens with two attached hydrogens (primary N) is 1. The van der Waals surface area contributed by atoms with Crippen molar-refractivity contribution in [2.24, 2.45) is 5.73 Å². The highest BCUT2D eigenvalue weighted by Gasteiger charge is 2.31. The first-order valence-corrected chi connectivity index (χ1v) is 6.63. The first-order valence-electron chi connectivity index (χ1n) is 6.63. The molecule has 3 rings (SSSR count).